The highest BCUT2D eigenvalue weighted by Gasteiger charge is 2.22. The summed E-state index contributed by atoms with van der Waals surface area (Å²) in [6, 6.07) is 0. The van der Waals surface area contributed by atoms with Crippen LogP contribution in [0.15, 0.2) is 0 Å². The molecule has 2 unspecified atom stereocenters. The third kappa shape index (κ3) is 5.82. The molecule has 2 atom stereocenters. The fourth-order valence-electron chi connectivity index (χ4n) is 1.91. The molecule has 1 heterocycles. The monoisotopic (exact) mass is 245 g/mol. The molecule has 1 aliphatic rings. The summed E-state index contributed by atoms with van der Waals surface area (Å²) in [6.45, 7) is 8.47. The van der Waals surface area contributed by atoms with Crippen LogP contribution < -0.4 is 5.32 Å². The predicted molar refractivity (Wildman–Crippen MR) is 68.1 cm³/mol. The van der Waals surface area contributed by atoms with Gasteiger partial charge in [0, 0.05) is 24.7 Å². The van der Waals surface area contributed by atoms with E-state index in [0.717, 1.165) is 45.6 Å². The average Bonchev–Trinajstić information content (AvgIpc) is 2.85. The van der Waals surface area contributed by atoms with Gasteiger partial charge in [-0.25, -0.2) is 0 Å². The lowest BCUT2D eigenvalue weighted by atomic mass is 9.99. The molecule has 4 nitrogen and oxygen atoms in total. The molecule has 2 N–H and O–H groups in total. The molecule has 17 heavy (non-hydrogen) atoms. The summed E-state index contributed by atoms with van der Waals surface area (Å²) < 4.78 is 11.0. The van der Waals surface area contributed by atoms with Gasteiger partial charge in [0.1, 0.15) is 0 Å². The summed E-state index contributed by atoms with van der Waals surface area (Å²) in [7, 11) is 0. The van der Waals surface area contributed by atoms with Crippen molar-refractivity contribution < 1.29 is 14.6 Å². The molecule has 1 aliphatic heterocycles. The summed E-state index contributed by atoms with van der Waals surface area (Å²) in [4.78, 5) is 0. The topological polar surface area (TPSA) is 50.7 Å². The van der Waals surface area contributed by atoms with Crippen LogP contribution in [0, 0.1) is 5.92 Å². The second-order valence-electron chi connectivity index (χ2n) is 5.20. The molecule has 0 aromatic rings. The van der Waals surface area contributed by atoms with Crippen molar-refractivity contribution in [2.45, 2.75) is 38.6 Å². The summed E-state index contributed by atoms with van der Waals surface area (Å²) >= 11 is 0. The van der Waals surface area contributed by atoms with Crippen LogP contribution >= 0.6 is 0 Å². The zero-order chi connectivity index (χ0) is 12.6. The van der Waals surface area contributed by atoms with Gasteiger partial charge in [-0.3, -0.25) is 0 Å². The lowest BCUT2D eigenvalue weighted by Crippen LogP contribution is -2.47. The molecular formula is C13H27NO3. The van der Waals surface area contributed by atoms with E-state index in [4.69, 9.17) is 9.47 Å². The van der Waals surface area contributed by atoms with Gasteiger partial charge in [0.15, 0.2) is 0 Å². The molecule has 102 valence electrons. The number of aliphatic hydroxyl groups excluding tert-OH is 1. The number of hydrogen-bond donors (Lipinski definition) is 2. The van der Waals surface area contributed by atoms with Crippen molar-refractivity contribution in [1.29, 1.82) is 0 Å². The summed E-state index contributed by atoms with van der Waals surface area (Å²) in [6.07, 6.45) is 3.04. The van der Waals surface area contributed by atoms with Crippen LogP contribution in [0.1, 0.15) is 33.1 Å². The first kappa shape index (κ1) is 14.9. The summed E-state index contributed by atoms with van der Waals surface area (Å²) in [5.74, 6) is 0.569. The predicted octanol–water partition coefficient (Wildman–Crippen LogP) is 1.18. The minimum absolute atomic E-state index is 0.156. The van der Waals surface area contributed by atoms with E-state index < -0.39 is 0 Å². The fourth-order valence-corrected chi connectivity index (χ4v) is 1.91. The minimum Gasteiger partial charge on any atom is -0.394 e. The normalized spacial score (nSPS) is 23.8. The molecule has 0 aromatic heterocycles. The van der Waals surface area contributed by atoms with Gasteiger partial charge >= 0.3 is 0 Å². The SMILES string of the molecule is CCCNC(C)(CO)CCOCC1CCOC1. The number of rotatable bonds is 9. The number of aliphatic hydroxyl groups is 1. The molecule has 4 heteroatoms. The van der Waals surface area contributed by atoms with Crippen molar-refractivity contribution in [2.75, 3.05) is 39.6 Å². The highest BCUT2D eigenvalue weighted by atomic mass is 16.5. The zero-order valence-electron chi connectivity index (χ0n) is 11.2. The first-order valence-corrected chi connectivity index (χ1v) is 6.71. The largest absolute Gasteiger partial charge is 0.394 e. The number of ether oxygens (including phenoxy) is 2. The number of hydrogen-bond acceptors (Lipinski definition) is 4. The smallest absolute Gasteiger partial charge is 0.0611 e. The highest BCUT2D eigenvalue weighted by molar-refractivity contribution is 4.81. The Labute approximate surface area is 105 Å². The lowest BCUT2D eigenvalue weighted by molar-refractivity contribution is 0.0624. The quantitative estimate of drug-likeness (QED) is 0.599. The van der Waals surface area contributed by atoms with Gasteiger partial charge in [-0.1, -0.05) is 6.92 Å². The van der Waals surface area contributed by atoms with Crippen molar-refractivity contribution >= 4 is 0 Å². The second-order valence-corrected chi connectivity index (χ2v) is 5.20. The maximum Gasteiger partial charge on any atom is 0.0611 e. The maximum atomic E-state index is 9.38. The van der Waals surface area contributed by atoms with E-state index in [0.29, 0.717) is 12.5 Å². The highest BCUT2D eigenvalue weighted by Crippen LogP contribution is 2.14. The standard InChI is InChI=1S/C13H27NO3/c1-3-6-14-13(2,11-15)5-8-17-10-12-4-7-16-9-12/h12,14-15H,3-11H2,1-2H3. The van der Waals surface area contributed by atoms with Crippen LogP contribution in [0.25, 0.3) is 0 Å². The molecule has 0 radical (unpaired) electrons. The van der Waals surface area contributed by atoms with Crippen LogP contribution in [0.4, 0.5) is 0 Å². The lowest BCUT2D eigenvalue weighted by Gasteiger charge is -2.28. The third-order valence-electron chi connectivity index (χ3n) is 3.33. The molecule has 0 spiro atoms. The number of nitrogens with one attached hydrogen (secondary N) is 1. The Morgan fingerprint density at radius 3 is 2.94 bits per heavy atom. The molecule has 1 saturated heterocycles. The van der Waals surface area contributed by atoms with E-state index in [1.54, 1.807) is 0 Å². The van der Waals surface area contributed by atoms with E-state index in [-0.39, 0.29) is 12.1 Å². The Kier molecular flexibility index (Phi) is 7.04. The summed E-state index contributed by atoms with van der Waals surface area (Å²) in [5.41, 5.74) is -0.206. The van der Waals surface area contributed by atoms with Gasteiger partial charge in [-0.15, -0.1) is 0 Å². The van der Waals surface area contributed by atoms with Gasteiger partial charge in [0.05, 0.1) is 19.8 Å². The molecule has 0 aromatic carbocycles. The van der Waals surface area contributed by atoms with Crippen molar-refractivity contribution in [3.63, 3.8) is 0 Å². The van der Waals surface area contributed by atoms with Crippen LogP contribution in [-0.4, -0.2) is 50.2 Å². The molecule has 0 amide bonds. The molecule has 1 fully saturated rings. The van der Waals surface area contributed by atoms with Crippen LogP contribution in [0.3, 0.4) is 0 Å². The van der Waals surface area contributed by atoms with Gasteiger partial charge in [0.2, 0.25) is 0 Å². The average molecular weight is 245 g/mol. The van der Waals surface area contributed by atoms with E-state index in [9.17, 15) is 5.11 Å². The van der Waals surface area contributed by atoms with Crippen molar-refractivity contribution in [3.8, 4) is 0 Å². The first-order chi connectivity index (χ1) is 8.20. The van der Waals surface area contributed by atoms with Gasteiger partial charge in [0.25, 0.3) is 0 Å². The molecule has 0 saturated carbocycles. The van der Waals surface area contributed by atoms with Crippen molar-refractivity contribution in [1.82, 2.24) is 5.32 Å². The van der Waals surface area contributed by atoms with Crippen LogP contribution in [0.2, 0.25) is 0 Å². The molecule has 1 rings (SSSR count). The van der Waals surface area contributed by atoms with E-state index >= 15 is 0 Å². The maximum absolute atomic E-state index is 9.38. The third-order valence-corrected chi connectivity index (χ3v) is 3.33. The molecule has 0 aliphatic carbocycles. The minimum atomic E-state index is -0.206. The Morgan fingerprint density at radius 1 is 1.53 bits per heavy atom. The Hall–Kier alpha value is -0.160. The second kappa shape index (κ2) is 8.03. The zero-order valence-corrected chi connectivity index (χ0v) is 11.2. The van der Waals surface area contributed by atoms with Crippen LogP contribution in [0.5, 0.6) is 0 Å². The summed E-state index contributed by atoms with van der Waals surface area (Å²) in [5, 5.41) is 12.8. The Bertz CT molecular complexity index is 195. The first-order valence-electron chi connectivity index (χ1n) is 6.71. The van der Waals surface area contributed by atoms with Gasteiger partial charge < -0.3 is 19.9 Å². The Balaban J connectivity index is 2.09. The van der Waals surface area contributed by atoms with Gasteiger partial charge in [-0.2, -0.15) is 0 Å². The molecule has 0 bridgehead atoms. The van der Waals surface area contributed by atoms with Crippen molar-refractivity contribution in [2.24, 2.45) is 5.92 Å². The van der Waals surface area contributed by atoms with E-state index in [1.807, 2.05) is 6.92 Å². The van der Waals surface area contributed by atoms with Crippen molar-refractivity contribution in [3.05, 3.63) is 0 Å². The molecular weight excluding hydrogens is 218 g/mol. The van der Waals surface area contributed by atoms with E-state index in [1.165, 1.54) is 0 Å². The Morgan fingerprint density at radius 2 is 2.35 bits per heavy atom. The van der Waals surface area contributed by atoms with Gasteiger partial charge in [-0.05, 0) is 32.7 Å². The van der Waals surface area contributed by atoms with E-state index in [2.05, 4.69) is 12.2 Å². The van der Waals surface area contributed by atoms with Crippen LogP contribution in [-0.2, 0) is 9.47 Å². The fraction of sp³-hybridized carbons (Fsp3) is 1.00.